The lowest BCUT2D eigenvalue weighted by Crippen LogP contribution is -2.17. The number of nitrogens with zero attached hydrogens (tertiary/aromatic N) is 1. The summed E-state index contributed by atoms with van der Waals surface area (Å²) in [6.45, 7) is 0.396. The zero-order chi connectivity index (χ0) is 12.3. The molecule has 1 aromatic rings. The summed E-state index contributed by atoms with van der Waals surface area (Å²) in [5, 5.41) is 8.65. The fraction of sp³-hybridized carbons (Fsp3) is 0.333. The quantitative estimate of drug-likeness (QED) is 0.854. The van der Waals surface area contributed by atoms with Gasteiger partial charge in [0.1, 0.15) is 11.9 Å². The maximum Gasteiger partial charge on any atom is 0.307 e. The van der Waals surface area contributed by atoms with Crippen molar-refractivity contribution < 1.29 is 19.4 Å². The van der Waals surface area contributed by atoms with Gasteiger partial charge in [0.15, 0.2) is 0 Å². The highest BCUT2D eigenvalue weighted by atomic mass is 16.5. The average molecular weight is 235 g/mol. The van der Waals surface area contributed by atoms with Crippen LogP contribution in [0.25, 0.3) is 0 Å². The molecule has 0 aromatic heterocycles. The molecule has 1 atom stereocenters. The third-order valence-electron chi connectivity index (χ3n) is 2.46. The number of aliphatic carboxylic acids is 1. The number of benzene rings is 1. The Morgan fingerprint density at radius 2 is 2.24 bits per heavy atom. The van der Waals surface area contributed by atoms with Crippen molar-refractivity contribution in [1.82, 2.24) is 0 Å². The van der Waals surface area contributed by atoms with Gasteiger partial charge in [0, 0.05) is 5.56 Å². The monoisotopic (exact) mass is 235 g/mol. The standard InChI is InChI=1S/C12H13NO4/c1-16-9-4-2-8(3-5-9)12-13-7-10(17-12)6-11(14)15/h2-5,10H,6-7H2,1H3,(H,14,15). The molecule has 1 aromatic carbocycles. The van der Waals surface area contributed by atoms with Gasteiger partial charge in [-0.2, -0.15) is 0 Å². The zero-order valence-electron chi connectivity index (χ0n) is 9.42. The van der Waals surface area contributed by atoms with Gasteiger partial charge < -0.3 is 14.6 Å². The van der Waals surface area contributed by atoms with E-state index in [0.717, 1.165) is 11.3 Å². The maximum atomic E-state index is 10.5. The predicted octanol–water partition coefficient (Wildman–Crippen LogP) is 1.32. The number of ether oxygens (including phenoxy) is 2. The normalized spacial score (nSPS) is 18.4. The number of carbonyl (C=O) groups is 1. The van der Waals surface area contributed by atoms with Crippen LogP contribution in [0.2, 0.25) is 0 Å². The highest BCUT2D eigenvalue weighted by Gasteiger charge is 2.23. The molecule has 5 nitrogen and oxygen atoms in total. The van der Waals surface area contributed by atoms with Crippen molar-refractivity contribution in [3.05, 3.63) is 29.8 Å². The minimum absolute atomic E-state index is 0.0246. The molecule has 0 bridgehead atoms. The second-order valence-electron chi connectivity index (χ2n) is 3.71. The Bertz CT molecular complexity index is 438. The summed E-state index contributed by atoms with van der Waals surface area (Å²) in [7, 11) is 1.60. The molecule has 0 radical (unpaired) electrons. The Morgan fingerprint density at radius 1 is 1.53 bits per heavy atom. The van der Waals surface area contributed by atoms with Crippen molar-refractivity contribution in [1.29, 1.82) is 0 Å². The summed E-state index contributed by atoms with van der Waals surface area (Å²) in [6.07, 6.45) is -0.381. The summed E-state index contributed by atoms with van der Waals surface area (Å²) in [5.41, 5.74) is 0.832. The number of methoxy groups -OCH3 is 1. The fourth-order valence-corrected chi connectivity index (χ4v) is 1.61. The first-order valence-corrected chi connectivity index (χ1v) is 5.26. The third-order valence-corrected chi connectivity index (χ3v) is 2.46. The van der Waals surface area contributed by atoms with Crippen LogP contribution in [0.5, 0.6) is 5.75 Å². The number of aliphatic imine (C=N–C) groups is 1. The molecular weight excluding hydrogens is 222 g/mol. The van der Waals surface area contributed by atoms with Crippen LogP contribution in [0.15, 0.2) is 29.3 Å². The molecule has 90 valence electrons. The lowest BCUT2D eigenvalue weighted by molar-refractivity contribution is -0.138. The first kappa shape index (κ1) is 11.4. The first-order valence-electron chi connectivity index (χ1n) is 5.26. The Hall–Kier alpha value is -2.04. The van der Waals surface area contributed by atoms with Gasteiger partial charge in [-0.15, -0.1) is 0 Å². The van der Waals surface area contributed by atoms with Gasteiger partial charge in [0.25, 0.3) is 0 Å². The fourth-order valence-electron chi connectivity index (χ4n) is 1.61. The summed E-state index contributed by atoms with van der Waals surface area (Å²) < 4.78 is 10.5. The van der Waals surface area contributed by atoms with Gasteiger partial charge in [-0.3, -0.25) is 4.79 Å². The summed E-state index contributed by atoms with van der Waals surface area (Å²) >= 11 is 0. The van der Waals surface area contributed by atoms with Crippen LogP contribution in [-0.4, -0.2) is 36.7 Å². The van der Waals surface area contributed by atoms with E-state index in [9.17, 15) is 4.79 Å². The molecule has 1 aliphatic heterocycles. The highest BCUT2D eigenvalue weighted by Crippen LogP contribution is 2.17. The van der Waals surface area contributed by atoms with Gasteiger partial charge in [0.2, 0.25) is 5.90 Å². The van der Waals surface area contributed by atoms with E-state index in [4.69, 9.17) is 14.6 Å². The molecule has 0 saturated carbocycles. The van der Waals surface area contributed by atoms with Crippen molar-refractivity contribution in [2.45, 2.75) is 12.5 Å². The van der Waals surface area contributed by atoms with Crippen molar-refractivity contribution in [2.24, 2.45) is 4.99 Å². The second-order valence-corrected chi connectivity index (χ2v) is 3.71. The Kier molecular flexibility index (Phi) is 3.27. The molecule has 1 N–H and O–H groups in total. The SMILES string of the molecule is COc1ccc(C2=NCC(CC(=O)O)O2)cc1. The molecule has 1 unspecified atom stereocenters. The van der Waals surface area contributed by atoms with Gasteiger partial charge in [-0.1, -0.05) is 0 Å². The third kappa shape index (κ3) is 2.75. The van der Waals surface area contributed by atoms with Crippen LogP contribution in [-0.2, 0) is 9.53 Å². The largest absolute Gasteiger partial charge is 0.497 e. The Morgan fingerprint density at radius 3 is 2.82 bits per heavy atom. The lowest BCUT2D eigenvalue weighted by atomic mass is 10.2. The highest BCUT2D eigenvalue weighted by molar-refractivity contribution is 5.95. The number of hydrogen-bond donors (Lipinski definition) is 1. The second kappa shape index (κ2) is 4.86. The summed E-state index contributed by atoms with van der Waals surface area (Å²) in [5.74, 6) is 0.384. The molecule has 1 heterocycles. The van der Waals surface area contributed by atoms with Gasteiger partial charge in [-0.05, 0) is 24.3 Å². The first-order chi connectivity index (χ1) is 8.19. The molecule has 5 heteroatoms. The van der Waals surface area contributed by atoms with Gasteiger partial charge in [0.05, 0.1) is 20.1 Å². The molecule has 0 saturated heterocycles. The van der Waals surface area contributed by atoms with Crippen molar-refractivity contribution in [3.8, 4) is 5.75 Å². The zero-order valence-corrected chi connectivity index (χ0v) is 9.42. The van der Waals surface area contributed by atoms with Crippen LogP contribution in [0.1, 0.15) is 12.0 Å². The van der Waals surface area contributed by atoms with Gasteiger partial charge >= 0.3 is 5.97 Å². The Balaban J connectivity index is 2.02. The van der Waals surface area contributed by atoms with Crippen molar-refractivity contribution >= 4 is 11.9 Å². The minimum Gasteiger partial charge on any atom is -0.497 e. The predicted molar refractivity (Wildman–Crippen MR) is 61.5 cm³/mol. The van der Waals surface area contributed by atoms with Crippen LogP contribution in [0.3, 0.4) is 0 Å². The van der Waals surface area contributed by atoms with Crippen molar-refractivity contribution in [2.75, 3.05) is 13.7 Å². The van der Waals surface area contributed by atoms with E-state index in [-0.39, 0.29) is 12.5 Å². The van der Waals surface area contributed by atoms with Crippen LogP contribution in [0.4, 0.5) is 0 Å². The molecule has 0 aliphatic carbocycles. The van der Waals surface area contributed by atoms with E-state index in [1.807, 2.05) is 24.3 Å². The number of rotatable bonds is 4. The van der Waals surface area contributed by atoms with Gasteiger partial charge in [-0.25, -0.2) is 4.99 Å². The molecule has 17 heavy (non-hydrogen) atoms. The molecule has 0 amide bonds. The van der Waals surface area contributed by atoms with E-state index in [1.165, 1.54) is 0 Å². The van der Waals surface area contributed by atoms with E-state index >= 15 is 0 Å². The van der Waals surface area contributed by atoms with Crippen LogP contribution in [0, 0.1) is 0 Å². The van der Waals surface area contributed by atoms with E-state index in [2.05, 4.69) is 4.99 Å². The molecule has 2 rings (SSSR count). The Labute approximate surface area is 98.7 Å². The van der Waals surface area contributed by atoms with E-state index in [1.54, 1.807) is 7.11 Å². The smallest absolute Gasteiger partial charge is 0.307 e. The molecule has 0 spiro atoms. The number of carboxylic acid groups (broad SMARTS) is 1. The lowest BCUT2D eigenvalue weighted by Gasteiger charge is -2.08. The number of hydrogen-bond acceptors (Lipinski definition) is 4. The molecule has 0 fully saturated rings. The van der Waals surface area contributed by atoms with Crippen LogP contribution >= 0.6 is 0 Å². The van der Waals surface area contributed by atoms with Crippen molar-refractivity contribution in [3.63, 3.8) is 0 Å². The molecular formula is C12H13NO4. The summed E-state index contributed by atoms with van der Waals surface area (Å²) in [6, 6.07) is 7.29. The maximum absolute atomic E-state index is 10.5. The number of carboxylic acids is 1. The summed E-state index contributed by atoms with van der Waals surface area (Å²) in [4.78, 5) is 14.7. The minimum atomic E-state index is -0.874. The average Bonchev–Trinajstić information content (AvgIpc) is 2.77. The molecule has 1 aliphatic rings. The van der Waals surface area contributed by atoms with Crippen LogP contribution < -0.4 is 4.74 Å². The topological polar surface area (TPSA) is 68.1 Å². The van der Waals surface area contributed by atoms with E-state index in [0.29, 0.717) is 12.4 Å². The van der Waals surface area contributed by atoms with E-state index < -0.39 is 5.97 Å².